The molecule has 4 nitrogen and oxygen atoms in total. The van der Waals surface area contributed by atoms with Crippen LogP contribution in [0.2, 0.25) is 0 Å². The lowest BCUT2D eigenvalue weighted by Crippen LogP contribution is -2.26. The molecule has 0 aromatic heterocycles. The summed E-state index contributed by atoms with van der Waals surface area (Å²) in [5.41, 5.74) is 0. The molecule has 0 heterocycles. The number of carbonyl (C=O) groups is 2. The molecular weight excluding hydrogens is 172 g/mol. The summed E-state index contributed by atoms with van der Waals surface area (Å²) >= 11 is 0. The van der Waals surface area contributed by atoms with Crippen LogP contribution in [-0.4, -0.2) is 29.6 Å². The van der Waals surface area contributed by atoms with Crippen LogP contribution in [0.15, 0.2) is 0 Å². The molecule has 0 fully saturated rings. The van der Waals surface area contributed by atoms with Gasteiger partial charge >= 0.3 is 5.97 Å². The first-order chi connectivity index (χ1) is 6.11. The Balaban J connectivity index is 3.91. The fourth-order valence-electron chi connectivity index (χ4n) is 0.961. The number of aliphatic carboxylic acids is 1. The molecule has 1 N–H and O–H groups in total. The summed E-state index contributed by atoms with van der Waals surface area (Å²) < 4.78 is 5.19. The SMILES string of the molecule is CCCOC(CC)C(=O)CC(=O)O. The van der Waals surface area contributed by atoms with Gasteiger partial charge in [0.25, 0.3) is 0 Å². The highest BCUT2D eigenvalue weighted by Crippen LogP contribution is 2.03. The maximum absolute atomic E-state index is 11.2. The molecule has 0 aromatic rings. The van der Waals surface area contributed by atoms with Gasteiger partial charge in [0.15, 0.2) is 5.78 Å². The van der Waals surface area contributed by atoms with Crippen molar-refractivity contribution in [2.75, 3.05) is 6.61 Å². The van der Waals surface area contributed by atoms with Crippen molar-refractivity contribution < 1.29 is 19.4 Å². The lowest BCUT2D eigenvalue weighted by molar-refractivity contribution is -0.143. The molecule has 0 spiro atoms. The zero-order chi connectivity index (χ0) is 10.3. The van der Waals surface area contributed by atoms with Gasteiger partial charge in [0, 0.05) is 6.61 Å². The standard InChI is InChI=1S/C9H16O4/c1-3-5-13-8(4-2)7(10)6-9(11)12/h8H,3-6H2,1-2H3,(H,11,12). The van der Waals surface area contributed by atoms with Crippen molar-refractivity contribution in [3.05, 3.63) is 0 Å². The molecule has 4 heteroatoms. The van der Waals surface area contributed by atoms with Gasteiger partial charge in [-0.2, -0.15) is 0 Å². The number of ketones is 1. The predicted molar refractivity (Wildman–Crippen MR) is 47.6 cm³/mol. The summed E-state index contributed by atoms with van der Waals surface area (Å²) in [6.45, 7) is 4.25. The number of hydrogen-bond donors (Lipinski definition) is 1. The predicted octanol–water partition coefficient (Wildman–Crippen LogP) is 1.24. The largest absolute Gasteiger partial charge is 0.481 e. The van der Waals surface area contributed by atoms with E-state index in [2.05, 4.69) is 0 Å². The van der Waals surface area contributed by atoms with E-state index in [1.807, 2.05) is 6.92 Å². The minimum atomic E-state index is -1.09. The van der Waals surface area contributed by atoms with Crippen molar-refractivity contribution in [1.82, 2.24) is 0 Å². The molecular formula is C9H16O4. The van der Waals surface area contributed by atoms with Crippen LogP contribution >= 0.6 is 0 Å². The Bertz CT molecular complexity index is 176. The number of hydrogen-bond acceptors (Lipinski definition) is 3. The van der Waals surface area contributed by atoms with Crippen LogP contribution in [0.3, 0.4) is 0 Å². The van der Waals surface area contributed by atoms with Gasteiger partial charge in [-0.15, -0.1) is 0 Å². The minimum absolute atomic E-state index is 0.344. The van der Waals surface area contributed by atoms with Gasteiger partial charge in [0.1, 0.15) is 12.5 Å². The summed E-state index contributed by atoms with van der Waals surface area (Å²) in [6, 6.07) is 0. The molecule has 0 aliphatic carbocycles. The average Bonchev–Trinajstić information content (AvgIpc) is 2.04. The van der Waals surface area contributed by atoms with Gasteiger partial charge in [-0.3, -0.25) is 9.59 Å². The van der Waals surface area contributed by atoms with E-state index >= 15 is 0 Å². The highest BCUT2D eigenvalue weighted by Gasteiger charge is 2.18. The van der Waals surface area contributed by atoms with E-state index in [0.29, 0.717) is 13.0 Å². The number of carbonyl (C=O) groups excluding carboxylic acids is 1. The van der Waals surface area contributed by atoms with Crippen LogP contribution in [0.25, 0.3) is 0 Å². The van der Waals surface area contributed by atoms with Crippen LogP contribution in [0.4, 0.5) is 0 Å². The molecule has 0 aliphatic heterocycles. The molecule has 1 atom stereocenters. The highest BCUT2D eigenvalue weighted by molar-refractivity contribution is 5.97. The Hall–Kier alpha value is -0.900. The maximum atomic E-state index is 11.2. The van der Waals surface area contributed by atoms with Gasteiger partial charge < -0.3 is 9.84 Å². The van der Waals surface area contributed by atoms with Gasteiger partial charge in [-0.25, -0.2) is 0 Å². The molecule has 0 amide bonds. The first kappa shape index (κ1) is 12.1. The zero-order valence-electron chi connectivity index (χ0n) is 8.08. The number of rotatable bonds is 7. The van der Waals surface area contributed by atoms with Crippen molar-refractivity contribution in [2.45, 2.75) is 39.2 Å². The fraction of sp³-hybridized carbons (Fsp3) is 0.778. The molecule has 0 bridgehead atoms. The van der Waals surface area contributed by atoms with Crippen LogP contribution in [0.1, 0.15) is 33.1 Å². The van der Waals surface area contributed by atoms with Crippen molar-refractivity contribution in [3.8, 4) is 0 Å². The van der Waals surface area contributed by atoms with E-state index in [4.69, 9.17) is 9.84 Å². The summed E-state index contributed by atoms with van der Waals surface area (Å²) in [5.74, 6) is -1.44. The van der Waals surface area contributed by atoms with Gasteiger partial charge in [-0.05, 0) is 12.8 Å². The van der Waals surface area contributed by atoms with Gasteiger partial charge in [0.05, 0.1) is 0 Å². The van der Waals surface area contributed by atoms with E-state index < -0.39 is 18.5 Å². The molecule has 0 aromatic carbocycles. The van der Waals surface area contributed by atoms with E-state index in [0.717, 1.165) is 6.42 Å². The topological polar surface area (TPSA) is 63.6 Å². The second-order valence-electron chi connectivity index (χ2n) is 2.80. The Morgan fingerprint density at radius 1 is 1.38 bits per heavy atom. The first-order valence-corrected chi connectivity index (χ1v) is 4.47. The third-order valence-corrected chi connectivity index (χ3v) is 1.58. The number of carboxylic acid groups (broad SMARTS) is 1. The number of Topliss-reactive ketones (excluding diaryl/α,β-unsaturated/α-hetero) is 1. The zero-order valence-corrected chi connectivity index (χ0v) is 8.08. The molecule has 1 unspecified atom stereocenters. The van der Waals surface area contributed by atoms with Crippen LogP contribution < -0.4 is 0 Å². The third kappa shape index (κ3) is 5.36. The van der Waals surface area contributed by atoms with Crippen molar-refractivity contribution in [2.24, 2.45) is 0 Å². The monoisotopic (exact) mass is 188 g/mol. The first-order valence-electron chi connectivity index (χ1n) is 4.47. The summed E-state index contributed by atoms with van der Waals surface area (Å²) in [6.07, 6.45) is 0.376. The molecule has 0 aliphatic rings. The Labute approximate surface area is 77.9 Å². The summed E-state index contributed by atoms with van der Waals surface area (Å²) in [4.78, 5) is 21.4. The minimum Gasteiger partial charge on any atom is -0.481 e. The lowest BCUT2D eigenvalue weighted by Gasteiger charge is -2.12. The van der Waals surface area contributed by atoms with Crippen LogP contribution in [0, 0.1) is 0 Å². The van der Waals surface area contributed by atoms with Crippen molar-refractivity contribution in [1.29, 1.82) is 0 Å². The second-order valence-corrected chi connectivity index (χ2v) is 2.80. The van der Waals surface area contributed by atoms with E-state index in [-0.39, 0.29) is 5.78 Å². The normalized spacial score (nSPS) is 12.5. The molecule has 0 rings (SSSR count). The molecule has 76 valence electrons. The molecule has 0 saturated heterocycles. The van der Waals surface area contributed by atoms with Crippen LogP contribution in [0.5, 0.6) is 0 Å². The molecule has 0 saturated carbocycles. The quantitative estimate of drug-likeness (QED) is 0.610. The fourth-order valence-corrected chi connectivity index (χ4v) is 0.961. The van der Waals surface area contributed by atoms with E-state index in [1.54, 1.807) is 6.92 Å². The Morgan fingerprint density at radius 2 is 2.00 bits per heavy atom. The van der Waals surface area contributed by atoms with Crippen LogP contribution in [-0.2, 0) is 14.3 Å². The highest BCUT2D eigenvalue weighted by atomic mass is 16.5. The lowest BCUT2D eigenvalue weighted by atomic mass is 10.1. The van der Waals surface area contributed by atoms with Crippen molar-refractivity contribution >= 4 is 11.8 Å². The second kappa shape index (κ2) is 6.60. The summed E-state index contributed by atoms with van der Waals surface area (Å²) in [7, 11) is 0. The van der Waals surface area contributed by atoms with Gasteiger partial charge in [0.2, 0.25) is 0 Å². The Kier molecular flexibility index (Phi) is 6.14. The van der Waals surface area contributed by atoms with Crippen molar-refractivity contribution in [3.63, 3.8) is 0 Å². The summed E-state index contributed by atoms with van der Waals surface area (Å²) in [5, 5.41) is 8.38. The van der Waals surface area contributed by atoms with E-state index in [9.17, 15) is 9.59 Å². The third-order valence-electron chi connectivity index (χ3n) is 1.58. The number of ether oxygens (including phenoxy) is 1. The number of carboxylic acids is 1. The molecule has 13 heavy (non-hydrogen) atoms. The smallest absolute Gasteiger partial charge is 0.310 e. The molecule has 0 radical (unpaired) electrons. The average molecular weight is 188 g/mol. The maximum Gasteiger partial charge on any atom is 0.310 e. The van der Waals surface area contributed by atoms with E-state index in [1.165, 1.54) is 0 Å². The van der Waals surface area contributed by atoms with Gasteiger partial charge in [-0.1, -0.05) is 13.8 Å². The Morgan fingerprint density at radius 3 is 2.38 bits per heavy atom.